The average molecular weight is 396 g/mol. The summed E-state index contributed by atoms with van der Waals surface area (Å²) in [5, 5.41) is 3.06. The second-order valence-electron chi connectivity index (χ2n) is 7.89. The second-order valence-corrected chi connectivity index (χ2v) is 7.89. The van der Waals surface area contributed by atoms with Crippen LogP contribution in [0, 0.1) is 5.92 Å². The van der Waals surface area contributed by atoms with E-state index in [1.54, 1.807) is 6.20 Å². The summed E-state index contributed by atoms with van der Waals surface area (Å²) in [5.41, 5.74) is 6.68. The second kappa shape index (κ2) is 9.17. The van der Waals surface area contributed by atoms with Gasteiger partial charge < -0.3 is 16.0 Å². The predicted molar refractivity (Wildman–Crippen MR) is 112 cm³/mol. The van der Waals surface area contributed by atoms with Crippen LogP contribution in [0.4, 0.5) is 11.6 Å². The number of pyridine rings is 1. The summed E-state index contributed by atoms with van der Waals surface area (Å²) in [6.45, 7) is 4.33. The molecule has 2 saturated heterocycles. The smallest absolute Gasteiger partial charge is 0.224 e. The first-order chi connectivity index (χ1) is 14.2. The van der Waals surface area contributed by atoms with Gasteiger partial charge in [0.25, 0.3) is 0 Å². The SMILES string of the molecule is Nc1cc(N2CCC(N3CCCC(C(=O)NCc4ccccn4)C3)CC2)ncn1. The van der Waals surface area contributed by atoms with Gasteiger partial charge in [-0.05, 0) is 44.4 Å². The Kier molecular flexibility index (Phi) is 6.19. The van der Waals surface area contributed by atoms with Crippen molar-refractivity contribution in [1.29, 1.82) is 0 Å². The van der Waals surface area contributed by atoms with Gasteiger partial charge in [-0.1, -0.05) is 6.07 Å². The van der Waals surface area contributed by atoms with Crippen LogP contribution in [0.15, 0.2) is 36.8 Å². The molecule has 154 valence electrons. The lowest BCUT2D eigenvalue weighted by atomic mass is 9.93. The Balaban J connectivity index is 1.27. The number of nitrogens with two attached hydrogens (primary N) is 1. The fourth-order valence-electron chi connectivity index (χ4n) is 4.37. The Hall–Kier alpha value is -2.74. The molecule has 0 aliphatic carbocycles. The number of amides is 1. The third-order valence-electron chi connectivity index (χ3n) is 5.97. The number of carbonyl (C=O) groups excluding carboxylic acids is 1. The molecular weight excluding hydrogens is 366 g/mol. The first-order valence-corrected chi connectivity index (χ1v) is 10.4. The van der Waals surface area contributed by atoms with E-state index in [1.807, 2.05) is 24.3 Å². The van der Waals surface area contributed by atoms with Crippen molar-refractivity contribution in [3.05, 3.63) is 42.5 Å². The number of likely N-dealkylation sites (tertiary alicyclic amines) is 1. The zero-order chi connectivity index (χ0) is 20.1. The molecule has 4 heterocycles. The number of carbonyl (C=O) groups is 1. The Bertz CT molecular complexity index is 808. The first-order valence-electron chi connectivity index (χ1n) is 10.4. The van der Waals surface area contributed by atoms with E-state index in [1.165, 1.54) is 6.33 Å². The van der Waals surface area contributed by atoms with E-state index < -0.39 is 0 Å². The minimum absolute atomic E-state index is 0.0622. The highest BCUT2D eigenvalue weighted by Crippen LogP contribution is 2.26. The lowest BCUT2D eigenvalue weighted by Crippen LogP contribution is -2.51. The van der Waals surface area contributed by atoms with Crippen molar-refractivity contribution in [3.8, 4) is 0 Å². The van der Waals surface area contributed by atoms with E-state index in [9.17, 15) is 4.79 Å². The van der Waals surface area contributed by atoms with Crippen LogP contribution in [0.2, 0.25) is 0 Å². The molecule has 0 bridgehead atoms. The summed E-state index contributed by atoms with van der Waals surface area (Å²) in [5.74, 6) is 1.62. The summed E-state index contributed by atoms with van der Waals surface area (Å²) in [6.07, 6.45) is 7.47. The largest absolute Gasteiger partial charge is 0.384 e. The molecule has 2 aliphatic heterocycles. The van der Waals surface area contributed by atoms with Gasteiger partial charge in [0.1, 0.15) is 18.0 Å². The number of nitrogen functional groups attached to an aromatic ring is 1. The minimum Gasteiger partial charge on any atom is -0.384 e. The summed E-state index contributed by atoms with van der Waals surface area (Å²) in [6, 6.07) is 8.13. The molecule has 8 heteroatoms. The number of piperidine rings is 2. The van der Waals surface area contributed by atoms with E-state index in [2.05, 4.69) is 30.1 Å². The van der Waals surface area contributed by atoms with Gasteiger partial charge in [-0.3, -0.25) is 14.7 Å². The van der Waals surface area contributed by atoms with E-state index in [0.29, 0.717) is 18.4 Å². The van der Waals surface area contributed by atoms with E-state index in [0.717, 1.165) is 63.4 Å². The van der Waals surface area contributed by atoms with Crippen molar-refractivity contribution in [2.24, 2.45) is 5.92 Å². The molecule has 29 heavy (non-hydrogen) atoms. The molecule has 2 aromatic heterocycles. The standard InChI is InChI=1S/C21H29N7O/c22-19-12-20(26-15-25-19)27-10-6-18(7-11-27)28-9-3-4-16(14-28)21(29)24-13-17-5-1-2-8-23-17/h1-2,5,8,12,15-16,18H,3-4,6-7,9-11,13-14H2,(H,24,29)(H2,22,25,26). The fraction of sp³-hybridized carbons (Fsp3) is 0.524. The number of hydrogen-bond acceptors (Lipinski definition) is 7. The van der Waals surface area contributed by atoms with Crippen LogP contribution in [0.3, 0.4) is 0 Å². The van der Waals surface area contributed by atoms with E-state index >= 15 is 0 Å². The van der Waals surface area contributed by atoms with Crippen molar-refractivity contribution in [2.75, 3.05) is 36.8 Å². The molecular formula is C21H29N7O. The predicted octanol–water partition coefficient (Wildman–Crippen LogP) is 1.45. The normalized spacial score (nSPS) is 21.1. The molecule has 2 fully saturated rings. The van der Waals surface area contributed by atoms with Gasteiger partial charge in [0.2, 0.25) is 5.91 Å². The van der Waals surface area contributed by atoms with Crippen molar-refractivity contribution >= 4 is 17.5 Å². The summed E-state index contributed by atoms with van der Waals surface area (Å²) in [4.78, 5) is 30.0. The number of anilines is 2. The molecule has 0 saturated carbocycles. The molecule has 1 unspecified atom stereocenters. The summed E-state index contributed by atoms with van der Waals surface area (Å²) < 4.78 is 0. The minimum atomic E-state index is 0.0622. The molecule has 4 rings (SSSR count). The van der Waals surface area contributed by atoms with Gasteiger partial charge in [0.05, 0.1) is 18.2 Å². The van der Waals surface area contributed by atoms with Gasteiger partial charge >= 0.3 is 0 Å². The Morgan fingerprint density at radius 3 is 2.76 bits per heavy atom. The molecule has 0 radical (unpaired) electrons. The fourth-order valence-corrected chi connectivity index (χ4v) is 4.37. The molecule has 2 aliphatic rings. The van der Waals surface area contributed by atoms with Crippen LogP contribution in [0.5, 0.6) is 0 Å². The third-order valence-corrected chi connectivity index (χ3v) is 5.97. The van der Waals surface area contributed by atoms with Gasteiger partial charge in [0.15, 0.2) is 0 Å². The van der Waals surface area contributed by atoms with Gasteiger partial charge in [0, 0.05) is 37.9 Å². The zero-order valence-corrected chi connectivity index (χ0v) is 16.7. The van der Waals surface area contributed by atoms with Gasteiger partial charge in [-0.2, -0.15) is 0 Å². The summed E-state index contributed by atoms with van der Waals surface area (Å²) >= 11 is 0. The molecule has 2 aromatic rings. The third kappa shape index (κ3) is 5.00. The van der Waals surface area contributed by atoms with Crippen molar-refractivity contribution in [3.63, 3.8) is 0 Å². The quantitative estimate of drug-likeness (QED) is 0.790. The highest BCUT2D eigenvalue weighted by molar-refractivity contribution is 5.78. The van der Waals surface area contributed by atoms with Crippen LogP contribution in [-0.2, 0) is 11.3 Å². The molecule has 3 N–H and O–H groups in total. The molecule has 8 nitrogen and oxygen atoms in total. The number of aromatic nitrogens is 3. The number of nitrogens with one attached hydrogen (secondary N) is 1. The van der Waals surface area contributed by atoms with Crippen molar-refractivity contribution in [1.82, 2.24) is 25.2 Å². The maximum atomic E-state index is 12.7. The Labute approximate surface area is 171 Å². The summed E-state index contributed by atoms with van der Waals surface area (Å²) in [7, 11) is 0. The van der Waals surface area contributed by atoms with Crippen molar-refractivity contribution in [2.45, 2.75) is 38.3 Å². The van der Waals surface area contributed by atoms with Crippen LogP contribution in [0.1, 0.15) is 31.4 Å². The molecule has 1 atom stereocenters. The van der Waals surface area contributed by atoms with Gasteiger partial charge in [-0.15, -0.1) is 0 Å². The number of rotatable bonds is 5. The number of hydrogen-bond donors (Lipinski definition) is 2. The van der Waals surface area contributed by atoms with Crippen LogP contribution in [0.25, 0.3) is 0 Å². The lowest BCUT2D eigenvalue weighted by Gasteiger charge is -2.42. The Morgan fingerprint density at radius 1 is 1.14 bits per heavy atom. The maximum absolute atomic E-state index is 12.7. The van der Waals surface area contributed by atoms with Crippen LogP contribution >= 0.6 is 0 Å². The topological polar surface area (TPSA) is 100 Å². The first kappa shape index (κ1) is 19.6. The van der Waals surface area contributed by atoms with E-state index in [4.69, 9.17) is 5.73 Å². The van der Waals surface area contributed by atoms with Crippen molar-refractivity contribution < 1.29 is 4.79 Å². The van der Waals surface area contributed by atoms with Gasteiger partial charge in [-0.25, -0.2) is 9.97 Å². The molecule has 1 amide bonds. The van der Waals surface area contributed by atoms with Crippen LogP contribution in [-0.4, -0.2) is 58.0 Å². The number of nitrogens with zero attached hydrogens (tertiary/aromatic N) is 5. The maximum Gasteiger partial charge on any atom is 0.224 e. The monoisotopic (exact) mass is 395 g/mol. The van der Waals surface area contributed by atoms with Crippen LogP contribution < -0.4 is 16.0 Å². The molecule has 0 spiro atoms. The highest BCUT2D eigenvalue weighted by Gasteiger charge is 2.31. The molecule has 0 aromatic carbocycles. The lowest BCUT2D eigenvalue weighted by molar-refractivity contribution is -0.127. The average Bonchev–Trinajstić information content (AvgIpc) is 2.78. The highest BCUT2D eigenvalue weighted by atomic mass is 16.1. The Morgan fingerprint density at radius 2 is 2.00 bits per heavy atom. The van der Waals surface area contributed by atoms with E-state index in [-0.39, 0.29) is 11.8 Å². The zero-order valence-electron chi connectivity index (χ0n) is 16.7.